The van der Waals surface area contributed by atoms with Crippen LogP contribution in [0.2, 0.25) is 0 Å². The molecule has 1 saturated carbocycles. The van der Waals surface area contributed by atoms with Gasteiger partial charge in [-0.1, -0.05) is 12.8 Å². The first-order chi connectivity index (χ1) is 12.6. The van der Waals surface area contributed by atoms with Crippen molar-refractivity contribution in [2.45, 2.75) is 65.0 Å². The van der Waals surface area contributed by atoms with Crippen LogP contribution in [0, 0.1) is 5.41 Å². The van der Waals surface area contributed by atoms with E-state index in [1.165, 1.54) is 25.7 Å². The van der Waals surface area contributed by atoms with Crippen molar-refractivity contribution in [2.75, 3.05) is 53.1 Å². The summed E-state index contributed by atoms with van der Waals surface area (Å²) in [4.78, 5) is 6.95. The van der Waals surface area contributed by atoms with Crippen LogP contribution in [0.25, 0.3) is 0 Å². The summed E-state index contributed by atoms with van der Waals surface area (Å²) in [6.45, 7) is 12.8. The van der Waals surface area contributed by atoms with Gasteiger partial charge in [-0.2, -0.15) is 0 Å². The maximum atomic E-state index is 5.62. The minimum Gasteiger partial charge on any atom is -0.382 e. The van der Waals surface area contributed by atoms with E-state index in [4.69, 9.17) is 9.47 Å². The number of aliphatic imine (C=N–C) groups is 1. The number of nitrogens with zero attached hydrogens (tertiary/aromatic N) is 2. The summed E-state index contributed by atoms with van der Waals surface area (Å²) in [6, 6.07) is 0.946. The summed E-state index contributed by atoms with van der Waals surface area (Å²) in [7, 11) is 1.86. The molecule has 1 saturated heterocycles. The third-order valence-electron chi connectivity index (χ3n) is 6.05. The Labute approximate surface area is 183 Å². The molecule has 1 aliphatic heterocycles. The van der Waals surface area contributed by atoms with Gasteiger partial charge in [0.05, 0.1) is 13.2 Å². The molecule has 2 unspecified atom stereocenters. The summed E-state index contributed by atoms with van der Waals surface area (Å²) in [6.07, 6.45) is 6.42. The van der Waals surface area contributed by atoms with E-state index in [0.717, 1.165) is 58.4 Å². The third-order valence-corrected chi connectivity index (χ3v) is 6.05. The number of hydrogen-bond donors (Lipinski definition) is 2. The lowest BCUT2D eigenvalue weighted by Crippen LogP contribution is -2.53. The van der Waals surface area contributed by atoms with Gasteiger partial charge in [-0.25, -0.2) is 0 Å². The zero-order chi connectivity index (χ0) is 18.8. The highest BCUT2D eigenvalue weighted by Gasteiger charge is 2.33. The second-order valence-corrected chi connectivity index (χ2v) is 7.97. The van der Waals surface area contributed by atoms with Gasteiger partial charge in [0.1, 0.15) is 0 Å². The molecule has 0 amide bonds. The van der Waals surface area contributed by atoms with Crippen LogP contribution in [-0.4, -0.2) is 76.1 Å². The van der Waals surface area contributed by atoms with Crippen molar-refractivity contribution in [3.63, 3.8) is 0 Å². The molecule has 2 rings (SSSR count). The van der Waals surface area contributed by atoms with Gasteiger partial charge in [0.2, 0.25) is 0 Å². The summed E-state index contributed by atoms with van der Waals surface area (Å²) in [5, 5.41) is 7.11. The van der Waals surface area contributed by atoms with Crippen molar-refractivity contribution in [2.24, 2.45) is 10.4 Å². The molecule has 7 heteroatoms. The second kappa shape index (κ2) is 13.2. The predicted molar refractivity (Wildman–Crippen MR) is 123 cm³/mol. The highest BCUT2D eigenvalue weighted by Crippen LogP contribution is 2.40. The molecule has 2 fully saturated rings. The van der Waals surface area contributed by atoms with E-state index in [9.17, 15) is 0 Å². The summed E-state index contributed by atoms with van der Waals surface area (Å²) in [5.74, 6) is 0.917. The first kappa shape index (κ1) is 24.9. The third kappa shape index (κ3) is 8.03. The minimum absolute atomic E-state index is 0. The van der Waals surface area contributed by atoms with Crippen molar-refractivity contribution < 1.29 is 9.47 Å². The molecule has 0 radical (unpaired) electrons. The zero-order valence-corrected chi connectivity index (χ0v) is 20.1. The minimum atomic E-state index is 0. The first-order valence-electron chi connectivity index (χ1n) is 10.5. The van der Waals surface area contributed by atoms with Gasteiger partial charge in [-0.15, -0.1) is 24.0 Å². The largest absolute Gasteiger partial charge is 0.382 e. The highest BCUT2D eigenvalue weighted by atomic mass is 127. The molecule has 2 atom stereocenters. The Hall–Kier alpha value is -0.120. The number of guanidine groups is 1. The van der Waals surface area contributed by atoms with Crippen LogP contribution in [-0.2, 0) is 9.47 Å². The normalized spacial score (nSPS) is 24.3. The van der Waals surface area contributed by atoms with E-state index >= 15 is 0 Å². The van der Waals surface area contributed by atoms with E-state index in [2.05, 4.69) is 41.3 Å². The molecular weight excluding hydrogens is 455 g/mol. The lowest BCUT2D eigenvalue weighted by molar-refractivity contribution is -0.0174. The quantitative estimate of drug-likeness (QED) is 0.223. The van der Waals surface area contributed by atoms with Crippen molar-refractivity contribution in [3.8, 4) is 0 Å². The summed E-state index contributed by atoms with van der Waals surface area (Å²) in [5.41, 5.74) is 0.372. The molecule has 6 nitrogen and oxygen atoms in total. The number of halogens is 1. The SMILES string of the molecule is CCOCCC1(CNC(=NC)NCC(C)N2CCOCC2C)CCCC1.I. The molecule has 27 heavy (non-hydrogen) atoms. The van der Waals surface area contributed by atoms with E-state index < -0.39 is 0 Å². The Morgan fingerprint density at radius 1 is 1.33 bits per heavy atom. The van der Waals surface area contributed by atoms with Gasteiger partial charge in [0, 0.05) is 52.0 Å². The van der Waals surface area contributed by atoms with Gasteiger partial charge < -0.3 is 20.1 Å². The lowest BCUT2D eigenvalue weighted by Gasteiger charge is -2.38. The highest BCUT2D eigenvalue weighted by molar-refractivity contribution is 14.0. The van der Waals surface area contributed by atoms with Crippen LogP contribution in [0.5, 0.6) is 0 Å². The Morgan fingerprint density at radius 3 is 2.70 bits per heavy atom. The molecule has 1 heterocycles. The molecule has 0 aromatic rings. The number of rotatable bonds is 9. The average molecular weight is 496 g/mol. The number of nitrogens with one attached hydrogen (secondary N) is 2. The summed E-state index contributed by atoms with van der Waals surface area (Å²) >= 11 is 0. The van der Waals surface area contributed by atoms with Crippen LogP contribution >= 0.6 is 24.0 Å². The standard InChI is InChI=1S/C20H40N4O2.HI/c1-5-25-12-10-20(8-6-7-9-20)16-23-19(21-4)22-14-17(2)24-11-13-26-15-18(24)3;/h17-18H,5-16H2,1-4H3,(H2,21,22,23);1H. The molecular formula is C20H41IN4O2. The van der Waals surface area contributed by atoms with Gasteiger partial charge in [-0.3, -0.25) is 9.89 Å². The molecule has 0 aromatic carbocycles. The second-order valence-electron chi connectivity index (χ2n) is 7.97. The fourth-order valence-electron chi connectivity index (χ4n) is 4.32. The first-order valence-corrected chi connectivity index (χ1v) is 10.5. The Morgan fingerprint density at radius 2 is 2.07 bits per heavy atom. The Balaban J connectivity index is 0.00000364. The molecule has 2 aliphatic rings. The van der Waals surface area contributed by atoms with Gasteiger partial charge in [-0.05, 0) is 45.4 Å². The van der Waals surface area contributed by atoms with Crippen molar-refractivity contribution in [1.29, 1.82) is 0 Å². The zero-order valence-electron chi connectivity index (χ0n) is 17.8. The number of ether oxygens (including phenoxy) is 2. The average Bonchev–Trinajstić information content (AvgIpc) is 3.11. The molecule has 2 N–H and O–H groups in total. The smallest absolute Gasteiger partial charge is 0.191 e. The molecule has 0 bridgehead atoms. The molecule has 0 spiro atoms. The number of morpholine rings is 1. The fourth-order valence-corrected chi connectivity index (χ4v) is 4.32. The van der Waals surface area contributed by atoms with E-state index in [1.807, 2.05) is 7.05 Å². The van der Waals surface area contributed by atoms with E-state index in [0.29, 0.717) is 17.5 Å². The summed E-state index contributed by atoms with van der Waals surface area (Å²) < 4.78 is 11.2. The van der Waals surface area contributed by atoms with Crippen molar-refractivity contribution >= 4 is 29.9 Å². The van der Waals surface area contributed by atoms with Crippen LogP contribution in [0.1, 0.15) is 52.9 Å². The van der Waals surface area contributed by atoms with Gasteiger partial charge >= 0.3 is 0 Å². The van der Waals surface area contributed by atoms with Crippen LogP contribution < -0.4 is 10.6 Å². The topological polar surface area (TPSA) is 58.1 Å². The van der Waals surface area contributed by atoms with Crippen LogP contribution in [0.15, 0.2) is 4.99 Å². The van der Waals surface area contributed by atoms with Crippen LogP contribution in [0.4, 0.5) is 0 Å². The maximum Gasteiger partial charge on any atom is 0.191 e. The monoisotopic (exact) mass is 496 g/mol. The predicted octanol–water partition coefficient (Wildman–Crippen LogP) is 2.87. The van der Waals surface area contributed by atoms with Gasteiger partial charge in [0.25, 0.3) is 0 Å². The molecule has 0 aromatic heterocycles. The molecule has 1 aliphatic carbocycles. The van der Waals surface area contributed by atoms with Crippen molar-refractivity contribution in [3.05, 3.63) is 0 Å². The van der Waals surface area contributed by atoms with E-state index in [1.54, 1.807) is 0 Å². The molecule has 160 valence electrons. The fraction of sp³-hybridized carbons (Fsp3) is 0.950. The Kier molecular flexibility index (Phi) is 12.2. The van der Waals surface area contributed by atoms with E-state index in [-0.39, 0.29) is 24.0 Å². The van der Waals surface area contributed by atoms with Gasteiger partial charge in [0.15, 0.2) is 5.96 Å². The van der Waals surface area contributed by atoms with Crippen LogP contribution in [0.3, 0.4) is 0 Å². The lowest BCUT2D eigenvalue weighted by atomic mass is 9.83. The Bertz CT molecular complexity index is 430. The number of hydrogen-bond acceptors (Lipinski definition) is 4. The van der Waals surface area contributed by atoms with Crippen molar-refractivity contribution in [1.82, 2.24) is 15.5 Å². The maximum absolute atomic E-state index is 5.62.